The Bertz CT molecular complexity index is 1090. The van der Waals surface area contributed by atoms with E-state index in [-0.39, 0.29) is 12.0 Å². The van der Waals surface area contributed by atoms with Crippen molar-refractivity contribution in [3.05, 3.63) is 74.9 Å². The molecule has 2 atom stereocenters. The Labute approximate surface area is 146 Å². The fourth-order valence-electron chi connectivity index (χ4n) is 3.34. The van der Waals surface area contributed by atoms with Crippen LogP contribution < -0.4 is 16.1 Å². The molecule has 0 saturated carbocycles. The van der Waals surface area contributed by atoms with Crippen molar-refractivity contribution in [3.8, 4) is 5.75 Å². The molecule has 3 aromatic rings. The largest absolute Gasteiger partial charge is 0.484 e. The van der Waals surface area contributed by atoms with Gasteiger partial charge in [0.2, 0.25) is 0 Å². The van der Waals surface area contributed by atoms with Crippen LogP contribution in [0, 0.1) is 24.4 Å². The van der Waals surface area contributed by atoms with Gasteiger partial charge in [0, 0.05) is 28.6 Å². The molecular formula is C19H14F3NO3. The molecule has 0 saturated heterocycles. The average Bonchev–Trinajstić information content (AvgIpc) is 2.58. The van der Waals surface area contributed by atoms with Crippen LogP contribution in [0.5, 0.6) is 5.75 Å². The molecule has 0 radical (unpaired) electrons. The van der Waals surface area contributed by atoms with Gasteiger partial charge in [0.1, 0.15) is 23.3 Å². The third-order valence-corrected chi connectivity index (χ3v) is 4.61. The van der Waals surface area contributed by atoms with Crippen LogP contribution in [0.2, 0.25) is 0 Å². The highest BCUT2D eigenvalue weighted by Gasteiger charge is 2.33. The normalized spacial score (nSPS) is 19.3. The minimum Gasteiger partial charge on any atom is -0.484 e. The molecular weight excluding hydrogens is 347 g/mol. The van der Waals surface area contributed by atoms with E-state index >= 15 is 0 Å². The highest BCUT2D eigenvalue weighted by Crippen LogP contribution is 2.39. The molecule has 26 heavy (non-hydrogen) atoms. The van der Waals surface area contributed by atoms with Gasteiger partial charge in [-0.3, -0.25) is 0 Å². The molecule has 1 aliphatic rings. The molecule has 0 fully saturated rings. The van der Waals surface area contributed by atoms with Crippen molar-refractivity contribution in [3.63, 3.8) is 0 Å². The average molecular weight is 361 g/mol. The molecule has 2 heterocycles. The molecule has 0 spiro atoms. The van der Waals surface area contributed by atoms with Crippen molar-refractivity contribution in [2.75, 3.05) is 0 Å². The Morgan fingerprint density at radius 2 is 1.81 bits per heavy atom. The lowest BCUT2D eigenvalue weighted by Gasteiger charge is -2.32. The molecule has 0 bridgehead atoms. The number of benzene rings is 2. The van der Waals surface area contributed by atoms with Crippen molar-refractivity contribution in [1.82, 2.24) is 0 Å². The predicted molar refractivity (Wildman–Crippen MR) is 88.6 cm³/mol. The first kappa shape index (κ1) is 16.7. The van der Waals surface area contributed by atoms with Crippen molar-refractivity contribution in [2.45, 2.75) is 25.5 Å². The summed E-state index contributed by atoms with van der Waals surface area (Å²) in [4.78, 5) is 11.7. The van der Waals surface area contributed by atoms with Crippen molar-refractivity contribution >= 4 is 11.0 Å². The number of hydrogen-bond acceptors (Lipinski definition) is 4. The summed E-state index contributed by atoms with van der Waals surface area (Å²) in [6.07, 6.45) is -0.770. The molecule has 4 rings (SSSR count). The third-order valence-electron chi connectivity index (χ3n) is 4.61. The van der Waals surface area contributed by atoms with E-state index in [9.17, 15) is 18.0 Å². The minimum absolute atomic E-state index is 0.159. The predicted octanol–water partition coefficient (Wildman–Crippen LogP) is 3.52. The van der Waals surface area contributed by atoms with Gasteiger partial charge < -0.3 is 14.9 Å². The summed E-state index contributed by atoms with van der Waals surface area (Å²) in [5, 5.41) is 0.747. The SMILES string of the molecule is Cc1cc(=O)oc2c3c(ccc12)O[C@H](c1cc(F)c(F)cc1F)[C@H](N)C3. The first-order valence-electron chi connectivity index (χ1n) is 7.98. The Morgan fingerprint density at radius 1 is 1.08 bits per heavy atom. The summed E-state index contributed by atoms with van der Waals surface area (Å²) in [5.41, 5.74) is 7.18. The van der Waals surface area contributed by atoms with E-state index in [1.54, 1.807) is 19.1 Å². The third kappa shape index (κ3) is 2.55. The second-order valence-corrected chi connectivity index (χ2v) is 6.36. The van der Waals surface area contributed by atoms with Crippen molar-refractivity contribution < 1.29 is 22.3 Å². The zero-order valence-electron chi connectivity index (χ0n) is 13.7. The van der Waals surface area contributed by atoms with E-state index in [4.69, 9.17) is 14.9 Å². The van der Waals surface area contributed by atoms with E-state index in [0.29, 0.717) is 23.0 Å². The zero-order chi connectivity index (χ0) is 18.6. The van der Waals surface area contributed by atoms with Crippen LogP contribution in [0.1, 0.15) is 22.8 Å². The quantitative estimate of drug-likeness (QED) is 0.532. The summed E-state index contributed by atoms with van der Waals surface area (Å²) < 4.78 is 51.9. The van der Waals surface area contributed by atoms with Gasteiger partial charge in [0.25, 0.3) is 0 Å². The number of rotatable bonds is 1. The first-order valence-corrected chi connectivity index (χ1v) is 7.98. The Kier molecular flexibility index (Phi) is 3.77. The van der Waals surface area contributed by atoms with Crippen LogP contribution in [0.15, 0.2) is 39.5 Å². The van der Waals surface area contributed by atoms with Crippen LogP contribution in [0.3, 0.4) is 0 Å². The van der Waals surface area contributed by atoms with E-state index < -0.39 is 35.2 Å². The lowest BCUT2D eigenvalue weighted by molar-refractivity contribution is 0.149. The molecule has 7 heteroatoms. The van der Waals surface area contributed by atoms with Gasteiger partial charge in [-0.2, -0.15) is 0 Å². The van der Waals surface area contributed by atoms with Crippen LogP contribution in [-0.4, -0.2) is 6.04 Å². The molecule has 1 aromatic heterocycles. The standard InChI is InChI=1S/C19H14F3NO3/c1-8-4-17(24)26-18-9(8)2-3-16-11(18)6-15(23)19(25-16)10-5-13(21)14(22)7-12(10)20/h2-5,7,15,19H,6,23H2,1H3/t15-,19-/m1/s1. The maximum absolute atomic E-state index is 14.1. The number of halogens is 3. The number of hydrogen-bond donors (Lipinski definition) is 1. The van der Waals surface area contributed by atoms with E-state index in [2.05, 4.69) is 0 Å². The summed E-state index contributed by atoms with van der Waals surface area (Å²) >= 11 is 0. The smallest absolute Gasteiger partial charge is 0.336 e. The minimum atomic E-state index is -1.28. The van der Waals surface area contributed by atoms with Crippen LogP contribution >= 0.6 is 0 Å². The van der Waals surface area contributed by atoms with Gasteiger partial charge in [-0.1, -0.05) is 0 Å². The lowest BCUT2D eigenvalue weighted by Crippen LogP contribution is -2.38. The van der Waals surface area contributed by atoms with E-state index in [1.165, 1.54) is 6.07 Å². The second kappa shape index (κ2) is 5.88. The van der Waals surface area contributed by atoms with Gasteiger partial charge in [0.15, 0.2) is 11.6 Å². The van der Waals surface area contributed by atoms with Crippen molar-refractivity contribution in [1.29, 1.82) is 0 Å². The monoisotopic (exact) mass is 361 g/mol. The van der Waals surface area contributed by atoms with Crippen molar-refractivity contribution in [2.24, 2.45) is 5.73 Å². The lowest BCUT2D eigenvalue weighted by atomic mass is 9.91. The zero-order valence-corrected chi connectivity index (χ0v) is 13.7. The highest BCUT2D eigenvalue weighted by atomic mass is 19.2. The summed E-state index contributed by atoms with van der Waals surface area (Å²) in [7, 11) is 0. The van der Waals surface area contributed by atoms with E-state index in [0.717, 1.165) is 17.0 Å². The van der Waals surface area contributed by atoms with E-state index in [1.807, 2.05) is 0 Å². The highest BCUT2D eigenvalue weighted by molar-refractivity contribution is 5.85. The topological polar surface area (TPSA) is 65.5 Å². The number of fused-ring (bicyclic) bond motifs is 3. The Morgan fingerprint density at radius 3 is 2.58 bits per heavy atom. The summed E-state index contributed by atoms with van der Waals surface area (Å²) in [6.45, 7) is 1.79. The maximum Gasteiger partial charge on any atom is 0.336 e. The van der Waals surface area contributed by atoms with Gasteiger partial charge in [-0.05, 0) is 37.1 Å². The van der Waals surface area contributed by atoms with Gasteiger partial charge in [-0.25, -0.2) is 18.0 Å². The molecule has 1 aliphatic heterocycles. The summed E-state index contributed by atoms with van der Waals surface area (Å²) in [5.74, 6) is -3.03. The molecule has 0 amide bonds. The second-order valence-electron chi connectivity index (χ2n) is 6.36. The fraction of sp³-hybridized carbons (Fsp3) is 0.211. The Hall–Kier alpha value is -2.80. The molecule has 134 valence electrons. The van der Waals surface area contributed by atoms with Crippen LogP contribution in [0.25, 0.3) is 11.0 Å². The maximum atomic E-state index is 14.1. The van der Waals surface area contributed by atoms with Crippen LogP contribution in [-0.2, 0) is 6.42 Å². The van der Waals surface area contributed by atoms with Crippen LogP contribution in [0.4, 0.5) is 13.2 Å². The number of nitrogens with two attached hydrogens (primary N) is 1. The number of ether oxygens (including phenoxy) is 1. The first-order chi connectivity index (χ1) is 12.3. The summed E-state index contributed by atoms with van der Waals surface area (Å²) in [6, 6.07) is 5.27. The molecule has 2 N–H and O–H groups in total. The molecule has 0 unspecified atom stereocenters. The number of aryl methyl sites for hydroxylation is 1. The Balaban J connectivity index is 1.84. The fourth-order valence-corrected chi connectivity index (χ4v) is 3.34. The molecule has 4 nitrogen and oxygen atoms in total. The van der Waals surface area contributed by atoms with Gasteiger partial charge in [-0.15, -0.1) is 0 Å². The molecule has 0 aliphatic carbocycles. The molecule has 2 aromatic carbocycles. The van der Waals surface area contributed by atoms with Gasteiger partial charge in [0.05, 0.1) is 6.04 Å². The van der Waals surface area contributed by atoms with Gasteiger partial charge >= 0.3 is 5.63 Å².